The molecule has 0 atom stereocenters. The molecule has 0 fully saturated rings. The van der Waals surface area contributed by atoms with Gasteiger partial charge in [-0.05, 0) is 12.2 Å². The van der Waals surface area contributed by atoms with E-state index < -0.39 is 4.92 Å². The molecule has 0 bridgehead atoms. The number of rotatable bonds is 1. The summed E-state index contributed by atoms with van der Waals surface area (Å²) in [4.78, 5) is 10.4. The zero-order chi connectivity index (χ0) is 7.56. The van der Waals surface area contributed by atoms with E-state index >= 15 is 0 Å². The third-order valence-electron chi connectivity index (χ3n) is 1.16. The molecular weight excluding hydrogens is 150 g/mol. The minimum atomic E-state index is -0.418. The first-order valence-electron chi connectivity index (χ1n) is 2.75. The van der Waals surface area contributed by atoms with Crippen molar-refractivity contribution < 1.29 is 4.92 Å². The van der Waals surface area contributed by atoms with Crippen LogP contribution in [0.1, 0.15) is 6.42 Å². The second-order valence-electron chi connectivity index (χ2n) is 1.89. The highest BCUT2D eigenvalue weighted by Crippen LogP contribution is 2.07. The van der Waals surface area contributed by atoms with Crippen LogP contribution in [0.25, 0.3) is 0 Å². The van der Waals surface area contributed by atoms with Crippen LogP contribution in [0.5, 0.6) is 0 Å². The number of thiocarbonyl (C=S) groups is 1. The fourth-order valence-electron chi connectivity index (χ4n) is 0.655. The van der Waals surface area contributed by atoms with Gasteiger partial charge >= 0.3 is 0 Å². The average Bonchev–Trinajstić information content (AvgIpc) is 1.88. The Hall–Kier alpha value is -1.03. The van der Waals surface area contributed by atoms with Gasteiger partial charge in [0.05, 0.1) is 4.92 Å². The first kappa shape index (κ1) is 7.08. The third-order valence-corrected chi connectivity index (χ3v) is 1.47. The van der Waals surface area contributed by atoms with E-state index in [0.29, 0.717) is 6.42 Å². The predicted octanol–water partition coefficient (Wildman–Crippen LogP) is 1.48. The number of nitro groups is 1. The number of nitrogens with zero attached hydrogens (tertiary/aromatic N) is 1. The molecule has 3 nitrogen and oxygen atoms in total. The van der Waals surface area contributed by atoms with E-state index in [2.05, 4.69) is 0 Å². The van der Waals surface area contributed by atoms with Crippen molar-refractivity contribution in [1.29, 1.82) is 0 Å². The zero-order valence-corrected chi connectivity index (χ0v) is 5.93. The molecule has 0 aromatic carbocycles. The van der Waals surface area contributed by atoms with E-state index in [1.165, 1.54) is 12.2 Å². The van der Waals surface area contributed by atoms with E-state index in [4.69, 9.17) is 12.2 Å². The standard InChI is InChI=1S/C6H5NO2S/c8-7(9)5-1-3-6(10)4-2-5/h1-3H,4H2. The molecule has 0 amide bonds. The summed E-state index contributed by atoms with van der Waals surface area (Å²) >= 11 is 4.79. The van der Waals surface area contributed by atoms with Gasteiger partial charge in [-0.15, -0.1) is 0 Å². The van der Waals surface area contributed by atoms with Crippen LogP contribution in [0.2, 0.25) is 0 Å². The fraction of sp³-hybridized carbons (Fsp3) is 0.167. The highest BCUT2D eigenvalue weighted by Gasteiger charge is 2.09. The van der Waals surface area contributed by atoms with Crippen LogP contribution in [0, 0.1) is 10.1 Å². The van der Waals surface area contributed by atoms with E-state index in [9.17, 15) is 10.1 Å². The van der Waals surface area contributed by atoms with E-state index in [-0.39, 0.29) is 5.70 Å². The van der Waals surface area contributed by atoms with Gasteiger partial charge in [0.1, 0.15) is 0 Å². The third kappa shape index (κ3) is 1.48. The maximum absolute atomic E-state index is 10.1. The lowest BCUT2D eigenvalue weighted by Gasteiger charge is -1.97. The highest BCUT2D eigenvalue weighted by molar-refractivity contribution is 7.80. The van der Waals surface area contributed by atoms with Crippen molar-refractivity contribution in [2.24, 2.45) is 0 Å². The summed E-state index contributed by atoms with van der Waals surface area (Å²) in [6.45, 7) is 0. The lowest BCUT2D eigenvalue weighted by atomic mass is 10.1. The second-order valence-corrected chi connectivity index (χ2v) is 2.41. The molecule has 0 unspecified atom stereocenters. The Morgan fingerprint density at radius 3 is 2.70 bits per heavy atom. The summed E-state index contributed by atoms with van der Waals surface area (Å²) < 4.78 is 0. The van der Waals surface area contributed by atoms with Crippen LogP contribution in [0.15, 0.2) is 23.9 Å². The van der Waals surface area contributed by atoms with Gasteiger partial charge in [0.15, 0.2) is 0 Å². The van der Waals surface area contributed by atoms with Crippen molar-refractivity contribution in [3.63, 3.8) is 0 Å². The summed E-state index contributed by atoms with van der Waals surface area (Å²) in [5.41, 5.74) is 0.133. The van der Waals surface area contributed by atoms with Crippen LogP contribution >= 0.6 is 12.2 Å². The van der Waals surface area contributed by atoms with Crippen molar-refractivity contribution in [3.8, 4) is 0 Å². The van der Waals surface area contributed by atoms with Gasteiger partial charge in [0.2, 0.25) is 0 Å². The Morgan fingerprint density at radius 1 is 1.60 bits per heavy atom. The van der Waals surface area contributed by atoms with Gasteiger partial charge in [-0.25, -0.2) is 0 Å². The van der Waals surface area contributed by atoms with Crippen LogP contribution in [-0.4, -0.2) is 9.79 Å². The Labute approximate surface area is 63.2 Å². The Balaban J connectivity index is 2.77. The first-order valence-corrected chi connectivity index (χ1v) is 3.16. The Morgan fingerprint density at radius 2 is 2.30 bits per heavy atom. The van der Waals surface area contributed by atoms with Crippen LogP contribution < -0.4 is 0 Å². The molecule has 1 aliphatic carbocycles. The largest absolute Gasteiger partial charge is 0.265 e. The lowest BCUT2D eigenvalue weighted by Crippen LogP contribution is -2.01. The summed E-state index contributed by atoms with van der Waals surface area (Å²) in [5, 5.41) is 10.1. The molecule has 0 saturated heterocycles. The van der Waals surface area contributed by atoms with Crippen molar-refractivity contribution in [1.82, 2.24) is 0 Å². The Bertz CT molecular complexity index is 242. The predicted molar refractivity (Wildman–Crippen MR) is 41.4 cm³/mol. The lowest BCUT2D eigenvalue weighted by molar-refractivity contribution is -0.419. The summed E-state index contributed by atoms with van der Waals surface area (Å²) in [6.07, 6.45) is 5.05. The van der Waals surface area contributed by atoms with Crippen molar-refractivity contribution in [3.05, 3.63) is 34.0 Å². The molecule has 0 radical (unpaired) electrons. The molecule has 0 aromatic heterocycles. The van der Waals surface area contributed by atoms with Crippen LogP contribution in [0.3, 0.4) is 0 Å². The molecule has 0 heterocycles. The van der Waals surface area contributed by atoms with Gasteiger partial charge in [-0.2, -0.15) is 0 Å². The number of hydrogen-bond acceptors (Lipinski definition) is 3. The topological polar surface area (TPSA) is 43.1 Å². The summed E-state index contributed by atoms with van der Waals surface area (Å²) in [7, 11) is 0. The minimum absolute atomic E-state index is 0.133. The molecule has 0 aromatic rings. The maximum Gasteiger partial charge on any atom is 0.265 e. The molecule has 1 rings (SSSR count). The van der Waals surface area contributed by atoms with Crippen molar-refractivity contribution >= 4 is 17.1 Å². The number of hydrogen-bond donors (Lipinski definition) is 0. The van der Waals surface area contributed by atoms with Gasteiger partial charge in [0, 0.05) is 17.4 Å². The number of allylic oxidation sites excluding steroid dienone is 3. The molecule has 0 N–H and O–H groups in total. The van der Waals surface area contributed by atoms with E-state index in [1.807, 2.05) is 0 Å². The minimum Gasteiger partial charge on any atom is -0.258 e. The molecule has 0 spiro atoms. The quantitative estimate of drug-likeness (QED) is 0.327. The van der Waals surface area contributed by atoms with Gasteiger partial charge < -0.3 is 0 Å². The molecule has 52 valence electrons. The molecule has 4 heteroatoms. The van der Waals surface area contributed by atoms with Crippen molar-refractivity contribution in [2.75, 3.05) is 0 Å². The summed E-state index contributed by atoms with van der Waals surface area (Å²) in [6, 6.07) is 0. The monoisotopic (exact) mass is 155 g/mol. The van der Waals surface area contributed by atoms with Crippen molar-refractivity contribution in [2.45, 2.75) is 6.42 Å². The molecule has 0 aliphatic heterocycles. The highest BCUT2D eigenvalue weighted by atomic mass is 32.1. The average molecular weight is 155 g/mol. The van der Waals surface area contributed by atoms with E-state index in [1.54, 1.807) is 6.08 Å². The second kappa shape index (κ2) is 2.70. The van der Waals surface area contributed by atoms with Gasteiger partial charge in [-0.3, -0.25) is 10.1 Å². The molecule has 1 aliphatic rings. The fourth-order valence-corrected chi connectivity index (χ4v) is 0.806. The smallest absolute Gasteiger partial charge is 0.258 e. The molecule has 10 heavy (non-hydrogen) atoms. The normalized spacial score (nSPS) is 16.8. The zero-order valence-electron chi connectivity index (χ0n) is 5.11. The SMILES string of the molecule is O=[N+]([O-])C1=CCC(=S)C=C1. The van der Waals surface area contributed by atoms with E-state index in [0.717, 1.165) is 4.86 Å². The van der Waals surface area contributed by atoms with Gasteiger partial charge in [-0.1, -0.05) is 12.2 Å². The molecular formula is C6H5NO2S. The van der Waals surface area contributed by atoms with Gasteiger partial charge in [0.25, 0.3) is 5.70 Å². The van der Waals surface area contributed by atoms with Crippen LogP contribution in [-0.2, 0) is 0 Å². The molecule has 0 saturated carbocycles. The van der Waals surface area contributed by atoms with Crippen LogP contribution in [0.4, 0.5) is 0 Å². The maximum atomic E-state index is 10.1. The first-order chi connectivity index (χ1) is 4.70. The Kier molecular flexibility index (Phi) is 1.91. The summed E-state index contributed by atoms with van der Waals surface area (Å²) in [5.74, 6) is 0.